The van der Waals surface area contributed by atoms with Gasteiger partial charge in [-0.3, -0.25) is 9.78 Å². The average molecular weight is 368 g/mol. The lowest BCUT2D eigenvalue weighted by Crippen LogP contribution is -2.24. The molecule has 6 heteroatoms. The molecule has 136 valence electrons. The van der Waals surface area contributed by atoms with E-state index in [0.29, 0.717) is 12.1 Å². The molecule has 0 aliphatic carbocycles. The van der Waals surface area contributed by atoms with Crippen molar-refractivity contribution in [3.63, 3.8) is 0 Å². The molecule has 6 nitrogen and oxygen atoms in total. The summed E-state index contributed by atoms with van der Waals surface area (Å²) in [5.41, 5.74) is 4.24. The molecule has 4 heterocycles. The van der Waals surface area contributed by atoms with Gasteiger partial charge in [0, 0.05) is 35.2 Å². The highest BCUT2D eigenvalue weighted by Crippen LogP contribution is 2.19. The van der Waals surface area contributed by atoms with Crippen molar-refractivity contribution in [3.8, 4) is 0 Å². The minimum atomic E-state index is -0.170. The molecule has 0 saturated carbocycles. The number of pyridine rings is 2. The molecule has 5 rings (SSSR count). The zero-order valence-corrected chi connectivity index (χ0v) is 15.0. The van der Waals surface area contributed by atoms with E-state index in [1.807, 2.05) is 77.6 Å². The van der Waals surface area contributed by atoms with Gasteiger partial charge in [-0.05, 0) is 48.0 Å². The van der Waals surface area contributed by atoms with Crippen LogP contribution in [0.1, 0.15) is 21.9 Å². The normalized spacial score (nSPS) is 11.1. The first-order valence-corrected chi connectivity index (χ1v) is 9.06. The first kappa shape index (κ1) is 16.3. The summed E-state index contributed by atoms with van der Waals surface area (Å²) < 4.78 is 2.01. The maximum Gasteiger partial charge on any atom is 0.299 e. The molecule has 0 bridgehead atoms. The molecule has 0 aliphatic heterocycles. The topological polar surface area (TPSA) is 77.7 Å². The summed E-state index contributed by atoms with van der Waals surface area (Å²) in [6, 6.07) is 17.6. The molecule has 0 atom stereocenters. The van der Waals surface area contributed by atoms with Crippen LogP contribution in [0, 0.1) is 0 Å². The Balaban J connectivity index is 1.50. The van der Waals surface area contributed by atoms with Crippen LogP contribution >= 0.6 is 0 Å². The summed E-state index contributed by atoms with van der Waals surface area (Å²) in [4.78, 5) is 23.6. The van der Waals surface area contributed by atoms with Crippen LogP contribution in [0.15, 0.2) is 79.4 Å². The molecule has 0 radical (unpaired) electrons. The molecule has 0 fully saturated rings. The van der Waals surface area contributed by atoms with Crippen molar-refractivity contribution in [2.45, 2.75) is 6.42 Å². The second-order valence-corrected chi connectivity index (χ2v) is 6.67. The number of imidazole rings is 1. The van der Waals surface area contributed by atoms with E-state index in [2.05, 4.69) is 20.3 Å². The zero-order chi connectivity index (χ0) is 18.9. The van der Waals surface area contributed by atoms with Crippen LogP contribution in [0.4, 0.5) is 5.69 Å². The maximum absolute atomic E-state index is 13.0. The number of anilines is 1. The molecule has 0 aliphatic rings. The summed E-state index contributed by atoms with van der Waals surface area (Å²) in [6.45, 7) is 0. The van der Waals surface area contributed by atoms with E-state index in [0.717, 1.165) is 33.5 Å². The smallest absolute Gasteiger partial charge is 0.299 e. The standard InChI is InChI=1S/C22H17N5O/c28-22(25-17-6-7-18-16(13-17)8-10-24-18)21-19-5-1-2-11-27(19)20(26-21)12-15-4-3-9-23-14-15/h1-11,13-14,24H,12H2,(H,25,28)/p+1. The molecule has 5 aromatic rings. The molecule has 0 spiro atoms. The van der Waals surface area contributed by atoms with Crippen molar-refractivity contribution >= 4 is 28.0 Å². The van der Waals surface area contributed by atoms with Crippen LogP contribution < -0.4 is 9.72 Å². The Bertz CT molecular complexity index is 1290. The van der Waals surface area contributed by atoms with Gasteiger partial charge in [-0.1, -0.05) is 12.1 Å². The van der Waals surface area contributed by atoms with Gasteiger partial charge in [0.25, 0.3) is 11.7 Å². The predicted molar refractivity (Wildman–Crippen MR) is 107 cm³/mol. The number of hydrogen-bond donors (Lipinski definition) is 3. The number of fused-ring (bicyclic) bond motifs is 2. The number of benzene rings is 1. The number of aromatic amines is 2. The number of carbonyl (C=O) groups excluding carboxylic acids is 1. The van der Waals surface area contributed by atoms with Gasteiger partial charge in [0.05, 0.1) is 12.6 Å². The van der Waals surface area contributed by atoms with Gasteiger partial charge in [-0.25, -0.2) is 4.98 Å². The highest BCUT2D eigenvalue weighted by molar-refractivity contribution is 6.07. The first-order valence-electron chi connectivity index (χ1n) is 9.06. The third-order valence-corrected chi connectivity index (χ3v) is 4.81. The average Bonchev–Trinajstić information content (AvgIpc) is 3.33. The molecule has 4 aromatic heterocycles. The maximum atomic E-state index is 13.0. The van der Waals surface area contributed by atoms with Crippen LogP contribution in [-0.4, -0.2) is 20.9 Å². The molecule has 28 heavy (non-hydrogen) atoms. The van der Waals surface area contributed by atoms with Gasteiger partial charge in [0.2, 0.25) is 5.69 Å². The highest BCUT2D eigenvalue weighted by atomic mass is 16.1. The summed E-state index contributed by atoms with van der Waals surface area (Å²) in [6.07, 6.45) is 8.09. The molecule has 0 saturated heterocycles. The van der Waals surface area contributed by atoms with Crippen molar-refractivity contribution in [3.05, 3.63) is 96.5 Å². The Morgan fingerprint density at radius 3 is 2.96 bits per heavy atom. The lowest BCUT2D eigenvalue weighted by atomic mass is 10.2. The molecule has 3 N–H and O–H groups in total. The van der Waals surface area contributed by atoms with Crippen LogP contribution in [0.5, 0.6) is 0 Å². The fraction of sp³-hybridized carbons (Fsp3) is 0.0455. The number of carbonyl (C=O) groups is 1. The molecule has 0 unspecified atom stereocenters. The lowest BCUT2D eigenvalue weighted by Gasteiger charge is -2.02. The van der Waals surface area contributed by atoms with Gasteiger partial charge in [0.1, 0.15) is 0 Å². The van der Waals surface area contributed by atoms with E-state index >= 15 is 0 Å². The Morgan fingerprint density at radius 2 is 2.07 bits per heavy atom. The number of hydrogen-bond acceptors (Lipinski definition) is 2. The predicted octanol–water partition coefficient (Wildman–Crippen LogP) is 3.47. The Morgan fingerprint density at radius 1 is 1.11 bits per heavy atom. The van der Waals surface area contributed by atoms with E-state index in [-0.39, 0.29) is 5.91 Å². The van der Waals surface area contributed by atoms with Gasteiger partial charge in [0.15, 0.2) is 5.52 Å². The quantitative estimate of drug-likeness (QED) is 0.425. The van der Waals surface area contributed by atoms with E-state index in [1.54, 1.807) is 6.20 Å². The van der Waals surface area contributed by atoms with Crippen molar-refractivity contribution < 1.29 is 9.20 Å². The first-order chi connectivity index (χ1) is 13.8. The molecule has 1 amide bonds. The van der Waals surface area contributed by atoms with E-state index in [4.69, 9.17) is 0 Å². The Hall–Kier alpha value is -3.93. The van der Waals surface area contributed by atoms with E-state index < -0.39 is 0 Å². The van der Waals surface area contributed by atoms with Gasteiger partial charge < -0.3 is 10.3 Å². The molecule has 1 aromatic carbocycles. The number of nitrogens with one attached hydrogen (secondary N) is 3. The molecular formula is C22H18N5O+. The van der Waals surface area contributed by atoms with Crippen molar-refractivity contribution in [2.75, 3.05) is 5.32 Å². The van der Waals surface area contributed by atoms with Crippen LogP contribution in [-0.2, 0) is 6.42 Å². The van der Waals surface area contributed by atoms with E-state index in [1.165, 1.54) is 0 Å². The number of aromatic nitrogens is 4. The van der Waals surface area contributed by atoms with Crippen LogP contribution in [0.25, 0.3) is 16.4 Å². The monoisotopic (exact) mass is 368 g/mol. The third kappa shape index (κ3) is 2.91. The summed E-state index contributed by atoms with van der Waals surface area (Å²) >= 11 is 0. The second kappa shape index (κ2) is 6.66. The van der Waals surface area contributed by atoms with Crippen molar-refractivity contribution in [1.82, 2.24) is 15.0 Å². The minimum Gasteiger partial charge on any atom is -0.361 e. The number of amides is 1. The largest absolute Gasteiger partial charge is 0.361 e. The minimum absolute atomic E-state index is 0.170. The highest BCUT2D eigenvalue weighted by Gasteiger charge is 2.24. The lowest BCUT2D eigenvalue weighted by molar-refractivity contribution is -0.520. The fourth-order valence-corrected chi connectivity index (χ4v) is 3.47. The zero-order valence-electron chi connectivity index (χ0n) is 15.0. The van der Waals surface area contributed by atoms with Gasteiger partial charge in [-0.15, -0.1) is 0 Å². The number of nitrogens with zero attached hydrogens (tertiary/aromatic N) is 2. The Labute approximate surface area is 160 Å². The number of H-pyrrole nitrogens is 2. The summed E-state index contributed by atoms with van der Waals surface area (Å²) in [5, 5.41) is 4.06. The molecular weight excluding hydrogens is 350 g/mol. The van der Waals surface area contributed by atoms with E-state index in [9.17, 15) is 4.79 Å². The van der Waals surface area contributed by atoms with Gasteiger partial charge >= 0.3 is 0 Å². The summed E-state index contributed by atoms with van der Waals surface area (Å²) in [7, 11) is 0. The second-order valence-electron chi connectivity index (χ2n) is 6.67. The summed E-state index contributed by atoms with van der Waals surface area (Å²) in [5.74, 6) is 0.755. The number of rotatable bonds is 4. The van der Waals surface area contributed by atoms with Crippen molar-refractivity contribution in [2.24, 2.45) is 0 Å². The SMILES string of the molecule is O=C(Nc1ccc2[nH]ccc2c1)c1[nH]c(Cc2cccnc2)[n+]2ccccc12. The van der Waals surface area contributed by atoms with Crippen molar-refractivity contribution in [1.29, 1.82) is 0 Å². The third-order valence-electron chi connectivity index (χ3n) is 4.81. The van der Waals surface area contributed by atoms with Crippen LogP contribution in [0.3, 0.4) is 0 Å². The Kier molecular flexibility index (Phi) is 3.87. The van der Waals surface area contributed by atoms with Gasteiger partial charge in [-0.2, -0.15) is 4.40 Å². The fourth-order valence-electron chi connectivity index (χ4n) is 3.47. The van der Waals surface area contributed by atoms with Crippen LogP contribution in [0.2, 0.25) is 0 Å².